The summed E-state index contributed by atoms with van der Waals surface area (Å²) in [5.74, 6) is 0.771. The molecule has 0 N–H and O–H groups in total. The monoisotopic (exact) mass is 226 g/mol. The lowest BCUT2D eigenvalue weighted by atomic mass is 10.4. The number of esters is 1. The van der Waals surface area contributed by atoms with E-state index in [1.165, 1.54) is 12.3 Å². The zero-order valence-electron chi connectivity index (χ0n) is 8.23. The van der Waals surface area contributed by atoms with Crippen molar-refractivity contribution in [2.24, 2.45) is 0 Å². The van der Waals surface area contributed by atoms with Gasteiger partial charge in [0.2, 0.25) is 0 Å². The number of rotatable bonds is 5. The number of hydrogen-bond donors (Lipinski definition) is 0. The maximum Gasteiger partial charge on any atom is 0.306 e. The lowest BCUT2D eigenvalue weighted by molar-refractivity contribution is -0.140. The van der Waals surface area contributed by atoms with Crippen molar-refractivity contribution in [2.75, 3.05) is 12.9 Å². The van der Waals surface area contributed by atoms with E-state index in [1.54, 1.807) is 0 Å². The fourth-order valence-corrected chi connectivity index (χ4v) is 4.33. The largest absolute Gasteiger partial charge is 0.469 e. The molecule has 76 valence electrons. The van der Waals surface area contributed by atoms with Crippen LogP contribution in [0.25, 0.3) is 0 Å². The van der Waals surface area contributed by atoms with Gasteiger partial charge < -0.3 is 4.74 Å². The molecule has 0 amide bonds. The molecule has 4 heteroatoms. The number of benzene rings is 1. The molecule has 1 rings (SSSR count). The molecule has 0 saturated carbocycles. The highest BCUT2D eigenvalue weighted by Gasteiger charge is 1.99. The topological polar surface area (TPSA) is 26.3 Å². The Kier molecular flexibility index (Phi) is 5.40. The van der Waals surface area contributed by atoms with E-state index in [9.17, 15) is 4.79 Å². The average Bonchev–Trinajstić information content (AvgIpc) is 2.25. The number of methoxy groups -OCH3 is 1. The molecular weight excluding hydrogens is 212 g/mol. The predicted octanol–water partition coefficient (Wildman–Crippen LogP) is 0.692. The molecule has 0 radical (unpaired) electrons. The van der Waals surface area contributed by atoms with Crippen LogP contribution >= 0.6 is 11.2 Å². The zero-order valence-corrected chi connectivity index (χ0v) is 10.5. The molecule has 0 aromatic heterocycles. The molecule has 0 bridgehead atoms. The Morgan fingerprint density at radius 1 is 1.43 bits per heavy atom. The fourth-order valence-electron chi connectivity index (χ4n) is 1.02. The number of ether oxygens (including phenoxy) is 1. The first-order chi connectivity index (χ1) is 6.83. The van der Waals surface area contributed by atoms with Crippen LogP contribution < -0.4 is 5.19 Å². The van der Waals surface area contributed by atoms with Crippen LogP contribution in [0.3, 0.4) is 0 Å². The van der Waals surface area contributed by atoms with Gasteiger partial charge in [-0.05, 0) is 5.75 Å². The third kappa shape index (κ3) is 4.48. The van der Waals surface area contributed by atoms with Crippen molar-refractivity contribution >= 4 is 31.0 Å². The minimum Gasteiger partial charge on any atom is -0.469 e. The van der Waals surface area contributed by atoms with Gasteiger partial charge in [-0.25, -0.2) is 0 Å². The van der Waals surface area contributed by atoms with Gasteiger partial charge in [-0.2, -0.15) is 11.2 Å². The van der Waals surface area contributed by atoms with Crippen molar-refractivity contribution in [1.29, 1.82) is 0 Å². The molecule has 0 fully saturated rings. The predicted molar refractivity (Wildman–Crippen MR) is 63.7 cm³/mol. The molecule has 0 spiro atoms. The Morgan fingerprint density at radius 2 is 2.14 bits per heavy atom. The summed E-state index contributed by atoms with van der Waals surface area (Å²) in [4.78, 5) is 10.8. The molecule has 0 heterocycles. The molecule has 0 saturated heterocycles. The van der Waals surface area contributed by atoms with Crippen molar-refractivity contribution in [2.45, 2.75) is 6.42 Å². The maximum atomic E-state index is 10.8. The molecule has 0 aliphatic rings. The van der Waals surface area contributed by atoms with E-state index in [1.807, 2.05) is 17.3 Å². The lowest BCUT2D eigenvalue weighted by Crippen LogP contribution is -2.11. The van der Waals surface area contributed by atoms with E-state index in [4.69, 9.17) is 0 Å². The summed E-state index contributed by atoms with van der Waals surface area (Å²) in [5, 5.41) is 1.43. The van der Waals surface area contributed by atoms with Gasteiger partial charge in [0.15, 0.2) is 0 Å². The summed E-state index contributed by atoms with van der Waals surface area (Å²) >= 11 is 1.89. The van der Waals surface area contributed by atoms with Crippen LogP contribution in [0.2, 0.25) is 0 Å². The van der Waals surface area contributed by atoms with Gasteiger partial charge in [0.25, 0.3) is 0 Å². The summed E-state index contributed by atoms with van der Waals surface area (Å²) in [6.45, 7) is 0. The first-order valence-electron chi connectivity index (χ1n) is 4.51. The van der Waals surface area contributed by atoms with Crippen molar-refractivity contribution in [3.63, 3.8) is 0 Å². The van der Waals surface area contributed by atoms with Gasteiger partial charge in [0.05, 0.1) is 13.5 Å². The van der Waals surface area contributed by atoms with Crippen LogP contribution in [-0.4, -0.2) is 27.5 Å². The smallest absolute Gasteiger partial charge is 0.306 e. The minimum atomic E-state index is -0.253. The molecule has 2 nitrogen and oxygen atoms in total. The molecule has 1 aromatic rings. The van der Waals surface area contributed by atoms with E-state index >= 15 is 0 Å². The second-order valence-corrected chi connectivity index (χ2v) is 6.88. The highest BCUT2D eigenvalue weighted by atomic mass is 32.4. The number of hydrogen-bond acceptors (Lipinski definition) is 3. The Labute approximate surface area is 90.5 Å². The van der Waals surface area contributed by atoms with Crippen LogP contribution in [-0.2, 0) is 9.53 Å². The lowest BCUT2D eigenvalue weighted by Gasteiger charge is -2.00. The van der Waals surface area contributed by atoms with Crippen LogP contribution in [0.4, 0.5) is 0 Å². The second-order valence-electron chi connectivity index (χ2n) is 2.86. The van der Waals surface area contributed by atoms with E-state index in [0.29, 0.717) is 6.42 Å². The number of carbonyl (C=O) groups excluding carboxylic acids is 1. The normalized spacial score (nSPS) is 10.6. The highest BCUT2D eigenvalue weighted by molar-refractivity contribution is 8.23. The average molecular weight is 226 g/mol. The van der Waals surface area contributed by atoms with Crippen molar-refractivity contribution < 1.29 is 9.53 Å². The molecule has 0 atom stereocenters. The Morgan fingerprint density at radius 3 is 2.79 bits per heavy atom. The SMILES string of the molecule is COC(=O)CCS[SiH2]c1ccccc1. The van der Waals surface area contributed by atoms with Gasteiger partial charge in [-0.1, -0.05) is 35.5 Å². The van der Waals surface area contributed by atoms with Gasteiger partial charge in [0, 0.05) is 0 Å². The van der Waals surface area contributed by atoms with E-state index in [-0.39, 0.29) is 14.6 Å². The van der Waals surface area contributed by atoms with Crippen molar-refractivity contribution in [1.82, 2.24) is 0 Å². The van der Waals surface area contributed by atoms with E-state index in [2.05, 4.69) is 29.0 Å². The second kappa shape index (κ2) is 6.67. The van der Waals surface area contributed by atoms with Crippen molar-refractivity contribution in [3.8, 4) is 0 Å². The summed E-state index contributed by atoms with van der Waals surface area (Å²) in [6, 6.07) is 10.4. The van der Waals surface area contributed by atoms with Crippen LogP contribution in [0.15, 0.2) is 30.3 Å². The Hall–Kier alpha value is -0.743. The quantitative estimate of drug-likeness (QED) is 0.420. The van der Waals surface area contributed by atoms with Gasteiger partial charge in [-0.15, -0.1) is 0 Å². The summed E-state index contributed by atoms with van der Waals surface area (Å²) < 4.78 is 4.57. The van der Waals surface area contributed by atoms with Gasteiger partial charge in [-0.3, -0.25) is 4.79 Å². The molecule has 0 unspecified atom stereocenters. The fraction of sp³-hybridized carbons (Fsp3) is 0.300. The first kappa shape index (κ1) is 11.3. The third-order valence-electron chi connectivity index (χ3n) is 1.79. The summed E-state index contributed by atoms with van der Waals surface area (Å²) in [5.41, 5.74) is 0. The zero-order chi connectivity index (χ0) is 10.2. The van der Waals surface area contributed by atoms with E-state index < -0.39 is 0 Å². The first-order valence-corrected chi connectivity index (χ1v) is 8.11. The molecule has 1 aromatic carbocycles. The Bertz CT molecular complexity index is 277. The summed E-state index contributed by atoms with van der Waals surface area (Å²) in [6.07, 6.45) is 0.529. The van der Waals surface area contributed by atoms with Crippen LogP contribution in [0, 0.1) is 0 Å². The molecule has 0 aliphatic carbocycles. The highest BCUT2D eigenvalue weighted by Crippen LogP contribution is 2.00. The van der Waals surface area contributed by atoms with Gasteiger partial charge in [0.1, 0.15) is 8.67 Å². The Balaban J connectivity index is 2.13. The molecule has 14 heavy (non-hydrogen) atoms. The van der Waals surface area contributed by atoms with E-state index in [0.717, 1.165) is 5.75 Å². The summed E-state index contributed by atoms with van der Waals surface area (Å²) in [7, 11) is 1.18. The standard InChI is InChI=1S/C10H14O2SSi/c1-12-10(11)7-8-13-14-9-5-3-2-4-6-9/h2-6H,7-8,14H2,1H3. The molecular formula is C10H14O2SSi. The molecule has 0 aliphatic heterocycles. The van der Waals surface area contributed by atoms with Crippen molar-refractivity contribution in [3.05, 3.63) is 30.3 Å². The van der Waals surface area contributed by atoms with Crippen LogP contribution in [0.5, 0.6) is 0 Å². The van der Waals surface area contributed by atoms with Gasteiger partial charge >= 0.3 is 5.97 Å². The maximum absolute atomic E-state index is 10.8. The third-order valence-corrected chi connectivity index (χ3v) is 5.77. The van der Waals surface area contributed by atoms with Crippen LogP contribution in [0.1, 0.15) is 6.42 Å². The minimum absolute atomic E-state index is 0.112. The number of carbonyl (C=O) groups is 1.